The van der Waals surface area contributed by atoms with Crippen molar-refractivity contribution in [3.63, 3.8) is 0 Å². The second-order valence-corrected chi connectivity index (χ2v) is 15.8. The third-order valence-electron chi connectivity index (χ3n) is 4.60. The maximum atomic E-state index is 5.77. The van der Waals surface area contributed by atoms with E-state index in [1.807, 2.05) is 28.2 Å². The maximum absolute atomic E-state index is 5.77. The van der Waals surface area contributed by atoms with E-state index in [1.165, 1.54) is 16.8 Å². The summed E-state index contributed by atoms with van der Waals surface area (Å²) < 4.78 is 7.66. The molecule has 0 fully saturated rings. The summed E-state index contributed by atoms with van der Waals surface area (Å²) in [6.45, 7) is 10.7. The molecule has 3 heterocycles. The molecule has 1 aliphatic heterocycles. The van der Waals surface area contributed by atoms with Crippen LogP contribution in [-0.2, 0) is 17.9 Å². The van der Waals surface area contributed by atoms with E-state index in [9.17, 15) is 0 Å². The molecule has 0 N–H and O–H groups in total. The molecule has 5 nitrogen and oxygen atoms in total. The highest BCUT2D eigenvalue weighted by molar-refractivity contribution is 8.14. The molecule has 0 saturated heterocycles. The molecule has 2 atom stereocenters. The topological polar surface area (TPSA) is 52.3 Å². The van der Waals surface area contributed by atoms with Gasteiger partial charge in [0.2, 0.25) is 0 Å². The monoisotopic (exact) mass is 422 g/mol. The predicted octanol–water partition coefficient (Wildman–Crippen LogP) is 4.90. The van der Waals surface area contributed by atoms with Crippen molar-refractivity contribution in [1.82, 2.24) is 14.8 Å². The smallest absolute Gasteiger partial charge is 0.139 e. The predicted molar refractivity (Wildman–Crippen MR) is 119 cm³/mol. The van der Waals surface area contributed by atoms with Crippen LogP contribution in [0.15, 0.2) is 28.1 Å². The Kier molecular flexibility index (Phi) is 7.30. The van der Waals surface area contributed by atoms with Crippen LogP contribution in [0.2, 0.25) is 25.7 Å². The number of thioether (sulfide) groups is 1. The Morgan fingerprint density at radius 3 is 2.96 bits per heavy atom. The molecule has 0 aromatic carbocycles. The minimum atomic E-state index is -1.03. The first-order chi connectivity index (χ1) is 12.9. The van der Waals surface area contributed by atoms with Crippen molar-refractivity contribution < 1.29 is 4.74 Å². The molecule has 0 radical (unpaired) electrons. The van der Waals surface area contributed by atoms with E-state index in [-0.39, 0.29) is 0 Å². The van der Waals surface area contributed by atoms with E-state index in [0.717, 1.165) is 30.9 Å². The van der Waals surface area contributed by atoms with Crippen LogP contribution in [0.25, 0.3) is 0 Å². The summed E-state index contributed by atoms with van der Waals surface area (Å²) in [6, 6.07) is 3.67. The molecule has 0 spiro atoms. The fourth-order valence-corrected chi connectivity index (χ4v) is 5.45. The molecule has 0 aliphatic carbocycles. The number of aromatic nitrogens is 3. The molecule has 3 rings (SSSR count). The fourth-order valence-electron chi connectivity index (χ4n) is 2.94. The first-order valence-electron chi connectivity index (χ1n) is 9.57. The third kappa shape index (κ3) is 6.85. The molecule has 27 heavy (non-hydrogen) atoms. The van der Waals surface area contributed by atoms with Gasteiger partial charge in [-0.05, 0) is 18.5 Å². The van der Waals surface area contributed by atoms with Crippen LogP contribution in [0.4, 0.5) is 0 Å². The lowest BCUT2D eigenvalue weighted by atomic mass is 10.0. The first-order valence-corrected chi connectivity index (χ1v) is 15.2. The summed E-state index contributed by atoms with van der Waals surface area (Å²) in [5, 5.41) is 7.99. The molecular weight excluding hydrogens is 392 g/mol. The van der Waals surface area contributed by atoms with E-state index in [2.05, 4.69) is 48.1 Å². The molecule has 2 aromatic rings. The molecule has 148 valence electrons. The average Bonchev–Trinajstić information content (AvgIpc) is 3.33. The molecule has 0 amide bonds. The molecule has 1 aliphatic rings. The van der Waals surface area contributed by atoms with Crippen molar-refractivity contribution in [2.24, 2.45) is 4.99 Å². The van der Waals surface area contributed by atoms with E-state index in [1.54, 1.807) is 11.3 Å². The van der Waals surface area contributed by atoms with Crippen LogP contribution in [0, 0.1) is 0 Å². The van der Waals surface area contributed by atoms with Gasteiger partial charge in [-0.3, -0.25) is 4.99 Å². The quantitative estimate of drug-likeness (QED) is 0.403. The van der Waals surface area contributed by atoms with Gasteiger partial charge in [-0.15, -0.1) is 23.1 Å². The number of aliphatic imine (C=N–C) groups is 1. The second-order valence-electron chi connectivity index (χ2n) is 8.41. The summed E-state index contributed by atoms with van der Waals surface area (Å²) in [6.07, 6.45) is 3.90. The van der Waals surface area contributed by atoms with E-state index < -0.39 is 8.07 Å². The summed E-state index contributed by atoms with van der Waals surface area (Å²) in [7, 11) is -1.03. The Labute approximate surface area is 171 Å². The highest BCUT2D eigenvalue weighted by atomic mass is 32.2. The van der Waals surface area contributed by atoms with Crippen molar-refractivity contribution in [3.8, 4) is 0 Å². The van der Waals surface area contributed by atoms with Crippen LogP contribution < -0.4 is 0 Å². The Morgan fingerprint density at radius 2 is 2.22 bits per heavy atom. The SMILES string of the molecule is CC(CC1CSC(Cc2ccn(COCC[Si](C)(C)C)n2)=N1)c1cscn1. The van der Waals surface area contributed by atoms with Gasteiger partial charge in [-0.1, -0.05) is 26.6 Å². The Balaban J connectivity index is 1.43. The maximum Gasteiger partial charge on any atom is 0.139 e. The van der Waals surface area contributed by atoms with Crippen molar-refractivity contribution in [2.45, 2.75) is 64.1 Å². The Hall–Kier alpha value is -0.963. The van der Waals surface area contributed by atoms with E-state index in [4.69, 9.17) is 9.73 Å². The van der Waals surface area contributed by atoms with Crippen molar-refractivity contribution in [3.05, 3.63) is 34.5 Å². The third-order valence-corrected chi connectivity index (χ3v) is 8.04. The molecule has 2 aromatic heterocycles. The molecule has 0 bridgehead atoms. The summed E-state index contributed by atoms with van der Waals surface area (Å²) in [5.74, 6) is 1.54. The van der Waals surface area contributed by atoms with Crippen LogP contribution in [0.1, 0.15) is 30.7 Å². The lowest BCUT2D eigenvalue weighted by Gasteiger charge is -2.15. The van der Waals surface area contributed by atoms with E-state index in [0.29, 0.717) is 18.7 Å². The Morgan fingerprint density at radius 1 is 1.37 bits per heavy atom. The zero-order chi connectivity index (χ0) is 19.3. The van der Waals surface area contributed by atoms with Crippen LogP contribution >= 0.6 is 23.1 Å². The average molecular weight is 423 g/mol. The minimum absolute atomic E-state index is 0.397. The lowest BCUT2D eigenvalue weighted by molar-refractivity contribution is 0.0783. The minimum Gasteiger partial charge on any atom is -0.360 e. The zero-order valence-corrected chi connectivity index (χ0v) is 19.4. The number of hydrogen-bond acceptors (Lipinski definition) is 6. The molecule has 0 saturated carbocycles. The van der Waals surface area contributed by atoms with Gasteiger partial charge in [0.25, 0.3) is 0 Å². The number of hydrogen-bond donors (Lipinski definition) is 0. The van der Waals surface area contributed by atoms with Crippen molar-refractivity contribution in [2.75, 3.05) is 12.4 Å². The van der Waals surface area contributed by atoms with Gasteiger partial charge >= 0.3 is 0 Å². The highest BCUT2D eigenvalue weighted by Crippen LogP contribution is 2.28. The van der Waals surface area contributed by atoms with Gasteiger partial charge in [0.15, 0.2) is 0 Å². The standard InChI is InChI=1S/C19H30N4OS2Si/c1-15(18-12-25-13-20-18)9-17-11-26-19(21-17)10-16-5-6-23(22-16)14-24-7-8-27(2,3)4/h5-6,12-13,15,17H,7-11,14H2,1-4H3. The van der Waals surface area contributed by atoms with Gasteiger partial charge in [0, 0.05) is 44.3 Å². The fraction of sp³-hybridized carbons (Fsp3) is 0.632. The summed E-state index contributed by atoms with van der Waals surface area (Å²) >= 11 is 3.54. The second kappa shape index (κ2) is 9.49. The lowest BCUT2D eigenvalue weighted by Crippen LogP contribution is -2.22. The molecule has 8 heteroatoms. The first kappa shape index (κ1) is 20.8. The molecule has 2 unspecified atom stereocenters. The normalized spacial score (nSPS) is 18.7. The highest BCUT2D eigenvalue weighted by Gasteiger charge is 2.22. The Bertz CT molecular complexity index is 739. The van der Waals surface area contributed by atoms with Gasteiger partial charge in [0.05, 0.1) is 28.0 Å². The van der Waals surface area contributed by atoms with Gasteiger partial charge in [0.1, 0.15) is 6.73 Å². The van der Waals surface area contributed by atoms with Crippen LogP contribution in [-0.4, -0.2) is 46.3 Å². The number of rotatable bonds is 10. The number of ether oxygens (including phenoxy) is 1. The number of thiazole rings is 1. The van der Waals surface area contributed by atoms with Gasteiger partial charge in [-0.2, -0.15) is 5.10 Å². The molecular formula is C19H30N4OS2Si. The number of nitrogens with zero attached hydrogens (tertiary/aromatic N) is 4. The summed E-state index contributed by atoms with van der Waals surface area (Å²) in [4.78, 5) is 9.36. The van der Waals surface area contributed by atoms with Crippen molar-refractivity contribution >= 4 is 36.2 Å². The van der Waals surface area contributed by atoms with E-state index >= 15 is 0 Å². The largest absolute Gasteiger partial charge is 0.360 e. The summed E-state index contributed by atoms with van der Waals surface area (Å²) in [5.41, 5.74) is 4.18. The van der Waals surface area contributed by atoms with Gasteiger partial charge in [-0.25, -0.2) is 9.67 Å². The zero-order valence-electron chi connectivity index (χ0n) is 16.7. The van der Waals surface area contributed by atoms with Gasteiger partial charge < -0.3 is 4.74 Å². The van der Waals surface area contributed by atoms with Crippen LogP contribution in [0.3, 0.4) is 0 Å². The van der Waals surface area contributed by atoms with Crippen LogP contribution in [0.5, 0.6) is 0 Å². The van der Waals surface area contributed by atoms with Crippen molar-refractivity contribution in [1.29, 1.82) is 0 Å².